The number of unbranched alkanes of at least 4 members (excludes halogenated alkanes) is 1. The number of benzene rings is 3. The van der Waals surface area contributed by atoms with Crippen molar-refractivity contribution >= 4 is 40.8 Å². The Hall–Kier alpha value is -3.15. The fraction of sp³-hybridized carbons (Fsp3) is 0.417. The summed E-state index contributed by atoms with van der Waals surface area (Å²) in [4.78, 5) is 34.2. The fourth-order valence-corrected chi connectivity index (χ4v) is 7.25. The number of carbonyl (C=O) groups excluding carboxylic acids is 2. The zero-order valence-electron chi connectivity index (χ0n) is 25.4. The molecule has 5 nitrogen and oxygen atoms in total. The van der Waals surface area contributed by atoms with Gasteiger partial charge in [0.1, 0.15) is 11.4 Å². The summed E-state index contributed by atoms with van der Waals surface area (Å²) in [6, 6.07) is 20.8. The second-order valence-electron chi connectivity index (χ2n) is 12.2. The Kier molecular flexibility index (Phi) is 9.63. The smallest absolute Gasteiger partial charge is 0.337 e. The van der Waals surface area contributed by atoms with Crippen LogP contribution in [0.2, 0.25) is 10.0 Å². The van der Waals surface area contributed by atoms with E-state index in [2.05, 4.69) is 25.7 Å². The quantitative estimate of drug-likeness (QED) is 0.224. The molecule has 3 aromatic carbocycles. The minimum absolute atomic E-state index is 0.0394. The van der Waals surface area contributed by atoms with Crippen molar-refractivity contribution in [1.82, 2.24) is 4.90 Å². The van der Waals surface area contributed by atoms with Crippen molar-refractivity contribution in [3.8, 4) is 11.1 Å². The molecule has 7 heteroatoms. The molecule has 1 amide bonds. The third-order valence-electron chi connectivity index (χ3n) is 9.15. The molecular formula is C36H40Cl2N2O3. The topological polar surface area (TPSA) is 59.0 Å². The third kappa shape index (κ3) is 6.53. The van der Waals surface area contributed by atoms with Crippen molar-refractivity contribution in [2.75, 3.05) is 7.11 Å². The molecule has 0 aromatic heterocycles. The maximum Gasteiger partial charge on any atom is 0.337 e. The van der Waals surface area contributed by atoms with Crippen LogP contribution in [0.5, 0.6) is 0 Å². The van der Waals surface area contributed by atoms with Gasteiger partial charge in [0.2, 0.25) is 0 Å². The number of esters is 1. The van der Waals surface area contributed by atoms with Crippen LogP contribution in [0, 0.1) is 11.8 Å². The number of ether oxygens (including phenoxy) is 1. The summed E-state index contributed by atoms with van der Waals surface area (Å²) in [6.07, 6.45) is 6.52. The van der Waals surface area contributed by atoms with Crippen LogP contribution in [-0.4, -0.2) is 35.3 Å². The van der Waals surface area contributed by atoms with E-state index in [0.29, 0.717) is 33.2 Å². The molecule has 0 bridgehead atoms. The molecule has 1 saturated carbocycles. The van der Waals surface area contributed by atoms with E-state index in [1.165, 1.54) is 7.11 Å². The van der Waals surface area contributed by atoms with Crippen LogP contribution in [0.3, 0.4) is 0 Å². The highest BCUT2D eigenvalue weighted by atomic mass is 35.5. The van der Waals surface area contributed by atoms with Crippen LogP contribution < -0.4 is 0 Å². The van der Waals surface area contributed by atoms with Gasteiger partial charge in [0, 0.05) is 15.6 Å². The molecule has 0 unspecified atom stereocenters. The minimum Gasteiger partial charge on any atom is -0.465 e. The Bertz CT molecular complexity index is 1490. The first kappa shape index (κ1) is 31.3. The molecule has 0 saturated heterocycles. The van der Waals surface area contributed by atoms with Gasteiger partial charge in [0.25, 0.3) is 5.91 Å². The van der Waals surface area contributed by atoms with Crippen LogP contribution in [0.4, 0.5) is 0 Å². The van der Waals surface area contributed by atoms with Gasteiger partial charge in [-0.1, -0.05) is 87.1 Å². The normalized spacial score (nSPS) is 20.9. The largest absolute Gasteiger partial charge is 0.465 e. The highest BCUT2D eigenvalue weighted by molar-refractivity contribution is 6.47. The molecule has 226 valence electrons. The number of nitrogens with zero attached hydrogens (tertiary/aromatic N) is 2. The van der Waals surface area contributed by atoms with Gasteiger partial charge in [0.05, 0.1) is 18.7 Å². The van der Waals surface area contributed by atoms with Gasteiger partial charge in [-0.05, 0) is 97.0 Å². The molecule has 0 N–H and O–H groups in total. The maximum atomic E-state index is 14.6. The van der Waals surface area contributed by atoms with Crippen LogP contribution in [0.15, 0.2) is 71.7 Å². The van der Waals surface area contributed by atoms with Crippen LogP contribution in [-0.2, 0) is 9.53 Å². The molecule has 1 aliphatic heterocycles. The van der Waals surface area contributed by atoms with E-state index in [9.17, 15) is 9.59 Å². The highest BCUT2D eigenvalue weighted by Gasteiger charge is 2.52. The Morgan fingerprint density at radius 1 is 0.977 bits per heavy atom. The van der Waals surface area contributed by atoms with Crippen LogP contribution in [0.25, 0.3) is 11.1 Å². The number of methoxy groups -OCH3 is 1. The molecule has 0 radical (unpaired) electrons. The molecule has 1 heterocycles. The first-order valence-corrected chi connectivity index (χ1v) is 16.1. The number of aliphatic imine (C=N–C) groups is 1. The molecule has 5 rings (SSSR count). The number of halogens is 2. The number of carbonyl (C=O) groups is 2. The number of amides is 1. The second-order valence-corrected chi connectivity index (χ2v) is 13.1. The molecule has 1 atom stereocenters. The Balaban J connectivity index is 1.57. The van der Waals surface area contributed by atoms with E-state index in [1.54, 1.807) is 18.2 Å². The average Bonchev–Trinajstić information content (AvgIpc) is 3.28. The summed E-state index contributed by atoms with van der Waals surface area (Å²) in [7, 11) is 1.38. The van der Waals surface area contributed by atoms with Crippen molar-refractivity contribution in [3.63, 3.8) is 0 Å². The molecule has 1 fully saturated rings. The monoisotopic (exact) mass is 618 g/mol. The molecule has 1 aliphatic carbocycles. The van der Waals surface area contributed by atoms with Crippen molar-refractivity contribution in [3.05, 3.63) is 93.5 Å². The van der Waals surface area contributed by atoms with E-state index < -0.39 is 5.66 Å². The average molecular weight is 620 g/mol. The summed E-state index contributed by atoms with van der Waals surface area (Å²) in [5.74, 6) is 0.798. The van der Waals surface area contributed by atoms with E-state index in [-0.39, 0.29) is 17.9 Å². The maximum absolute atomic E-state index is 14.6. The van der Waals surface area contributed by atoms with Gasteiger partial charge in [0.15, 0.2) is 0 Å². The van der Waals surface area contributed by atoms with Gasteiger partial charge >= 0.3 is 5.97 Å². The minimum atomic E-state index is -0.605. The summed E-state index contributed by atoms with van der Waals surface area (Å²) < 4.78 is 4.92. The third-order valence-corrected chi connectivity index (χ3v) is 9.59. The van der Waals surface area contributed by atoms with Crippen LogP contribution in [0.1, 0.15) is 93.2 Å². The van der Waals surface area contributed by atoms with Crippen molar-refractivity contribution in [2.45, 2.75) is 77.4 Å². The van der Waals surface area contributed by atoms with Gasteiger partial charge in [-0.25, -0.2) is 4.79 Å². The second kappa shape index (κ2) is 13.2. The first-order valence-electron chi connectivity index (χ1n) is 15.3. The van der Waals surface area contributed by atoms with E-state index >= 15 is 0 Å². The predicted molar refractivity (Wildman–Crippen MR) is 175 cm³/mol. The lowest BCUT2D eigenvalue weighted by Crippen LogP contribution is -2.51. The highest BCUT2D eigenvalue weighted by Crippen LogP contribution is 2.48. The summed E-state index contributed by atoms with van der Waals surface area (Å²) in [5.41, 5.74) is 4.02. The molecule has 3 aromatic rings. The molecule has 2 aliphatic rings. The van der Waals surface area contributed by atoms with Crippen molar-refractivity contribution in [1.29, 1.82) is 0 Å². The molecular weight excluding hydrogens is 579 g/mol. The SMILES string of the molecule is CCCC[C@H](c1ccc(C(=O)OC)cc1)N1C(=O)C(c2cccc(-c3cc(Cl)cc(Cl)c3)c2)=NC12CCC(C(C)C)CC2. The van der Waals surface area contributed by atoms with Gasteiger partial charge in [-0.3, -0.25) is 9.79 Å². The predicted octanol–water partition coefficient (Wildman–Crippen LogP) is 9.55. The number of hydrogen-bond donors (Lipinski definition) is 0. The molecule has 43 heavy (non-hydrogen) atoms. The lowest BCUT2D eigenvalue weighted by atomic mass is 9.76. The Morgan fingerprint density at radius 2 is 1.63 bits per heavy atom. The standard InChI is InChI=1S/C36H40Cl2N2O3/c1-5-6-10-32(25-11-13-26(14-12-25)35(42)43-4)40-34(41)33(39-36(40)17-15-24(16-18-36)23(2)3)28-9-7-8-27(19-28)29-20-30(37)22-31(38)21-29/h7-9,11-14,19-24,32H,5-6,10,15-18H2,1-4H3/t24?,32-,36?/m1/s1. The van der Waals surface area contributed by atoms with Crippen LogP contribution >= 0.6 is 23.2 Å². The number of hydrogen-bond acceptors (Lipinski definition) is 4. The van der Waals surface area contributed by atoms with E-state index in [1.807, 2.05) is 48.5 Å². The van der Waals surface area contributed by atoms with E-state index in [0.717, 1.165) is 67.2 Å². The Morgan fingerprint density at radius 3 is 2.23 bits per heavy atom. The first-order chi connectivity index (χ1) is 20.7. The molecule has 1 spiro atoms. The Labute approximate surface area is 265 Å². The van der Waals surface area contributed by atoms with Crippen molar-refractivity contribution < 1.29 is 14.3 Å². The lowest BCUT2D eigenvalue weighted by molar-refractivity contribution is -0.133. The zero-order valence-corrected chi connectivity index (χ0v) is 26.9. The van der Waals surface area contributed by atoms with Gasteiger partial charge < -0.3 is 9.64 Å². The van der Waals surface area contributed by atoms with Gasteiger partial charge in [-0.2, -0.15) is 0 Å². The van der Waals surface area contributed by atoms with Gasteiger partial charge in [-0.15, -0.1) is 0 Å². The lowest BCUT2D eigenvalue weighted by Gasteiger charge is -2.46. The summed E-state index contributed by atoms with van der Waals surface area (Å²) >= 11 is 12.6. The fourth-order valence-electron chi connectivity index (χ4n) is 6.72. The summed E-state index contributed by atoms with van der Waals surface area (Å²) in [6.45, 7) is 6.74. The van der Waals surface area contributed by atoms with Crippen molar-refractivity contribution in [2.24, 2.45) is 16.8 Å². The zero-order chi connectivity index (χ0) is 30.7. The number of rotatable bonds is 9. The van der Waals surface area contributed by atoms with E-state index in [4.69, 9.17) is 32.9 Å². The summed E-state index contributed by atoms with van der Waals surface area (Å²) in [5, 5.41) is 1.12.